The van der Waals surface area contributed by atoms with Gasteiger partial charge in [0.15, 0.2) is 0 Å². The molecule has 472 valence electrons. The Morgan fingerprint density at radius 3 is 0.880 bits per heavy atom. The van der Waals surface area contributed by atoms with Crippen LogP contribution in [0.5, 0.6) is 0 Å². The lowest BCUT2D eigenvalue weighted by molar-refractivity contribution is -0.143. The number of rotatable bonds is 43. The van der Waals surface area contributed by atoms with Gasteiger partial charge in [-0.15, -0.1) is 0 Å². The van der Waals surface area contributed by atoms with Crippen LogP contribution in [-0.4, -0.2) is 188 Å². The van der Waals surface area contributed by atoms with Crippen molar-refractivity contribution in [2.45, 2.75) is 199 Å². The van der Waals surface area contributed by atoms with Gasteiger partial charge in [0.25, 0.3) is 0 Å². The van der Waals surface area contributed by atoms with Crippen molar-refractivity contribution in [2.75, 3.05) is 18.6 Å². The highest BCUT2D eigenvalue weighted by molar-refractivity contribution is 7.98. The number of amides is 10. The molecule has 83 heavy (non-hydrogen) atoms. The Morgan fingerprint density at radius 2 is 0.614 bits per heavy atom. The molecule has 0 heterocycles. The van der Waals surface area contributed by atoms with Crippen LogP contribution < -0.4 is 59.3 Å². The number of aliphatic hydroxyl groups excluding tert-OH is 1. The number of carbonyl (C=O) groups excluding carboxylic acids is 10. The highest BCUT2D eigenvalue weighted by Gasteiger charge is 2.37. The van der Waals surface area contributed by atoms with E-state index in [0.29, 0.717) is 0 Å². The molecule has 31 heteroatoms. The van der Waals surface area contributed by atoms with Crippen LogP contribution in [-0.2, 0) is 67.1 Å². The van der Waals surface area contributed by atoms with Gasteiger partial charge in [-0.05, 0) is 93.5 Å². The van der Waals surface area contributed by atoms with Gasteiger partial charge in [-0.2, -0.15) is 11.8 Å². The zero-order valence-corrected chi connectivity index (χ0v) is 49.5. The molecule has 0 fully saturated rings. The number of carboxylic acids is 4. The molecule has 0 spiro atoms. The van der Waals surface area contributed by atoms with E-state index in [0.717, 1.165) is 0 Å². The summed E-state index contributed by atoms with van der Waals surface area (Å²) < 4.78 is 0. The molecule has 0 aliphatic heterocycles. The van der Waals surface area contributed by atoms with Gasteiger partial charge in [0.1, 0.15) is 54.4 Å². The van der Waals surface area contributed by atoms with E-state index in [4.69, 9.17) is 11.5 Å². The van der Waals surface area contributed by atoms with Crippen LogP contribution in [0.25, 0.3) is 0 Å². The molecule has 30 nitrogen and oxygen atoms in total. The summed E-state index contributed by atoms with van der Waals surface area (Å²) in [5.41, 5.74) is 10.9. The van der Waals surface area contributed by atoms with Gasteiger partial charge in [0.05, 0.1) is 12.6 Å². The van der Waals surface area contributed by atoms with Crippen LogP contribution in [0.1, 0.15) is 139 Å². The molecule has 0 aromatic rings. The lowest BCUT2D eigenvalue weighted by atomic mass is 9.99. The van der Waals surface area contributed by atoms with E-state index in [9.17, 15) is 92.7 Å². The average molecular weight is 1200 g/mol. The first-order chi connectivity index (χ1) is 38.6. The van der Waals surface area contributed by atoms with Gasteiger partial charge < -0.3 is 84.9 Å². The Morgan fingerprint density at radius 1 is 0.361 bits per heavy atom. The fraction of sp³-hybridized carbons (Fsp3) is 0.731. The van der Waals surface area contributed by atoms with Crippen molar-refractivity contribution in [1.29, 1.82) is 0 Å². The standard InChI is InChI=1S/C52H89N11O19S/c1-25(2)20-34(48(77)56-32(13-17-42(70)71)46(75)62-37(52(81)82)23-28(7)8)59-45(74)31(12-16-41(68)69)55-49(78)35(21-26(3)4)61-50(79)36(22-27(5)6)60-47(76)33(18-19-83-9)58-44(73)30(11-15-40(66)67)57-51(80)38(24-64)63-43(72)29(53)10-14-39(54)65/h25-38,64H,10-24,53H2,1-9H3,(H2,54,65)(H,55,78)(H,56,77)(H,57,80)(H,58,73)(H,59,74)(H,60,76)(H,61,79)(H,62,75)(H,63,72)(H,66,67)(H,68,69)(H,70,71)(H,81,82)/t29-,30-,31-,32-,33-,34-,35-,36-,37-,38-/m0/s1. The average Bonchev–Trinajstić information content (AvgIpc) is 3.41. The molecule has 10 atom stereocenters. The molecule has 0 bridgehead atoms. The molecule has 0 unspecified atom stereocenters. The summed E-state index contributed by atoms with van der Waals surface area (Å²) in [7, 11) is 0. The maximum absolute atomic E-state index is 14.3. The minimum absolute atomic E-state index is 0.000866. The number of thioether (sulfide) groups is 1. The summed E-state index contributed by atoms with van der Waals surface area (Å²) in [6.07, 6.45) is -2.60. The van der Waals surface area contributed by atoms with Crippen LogP contribution in [0.2, 0.25) is 0 Å². The van der Waals surface area contributed by atoms with Gasteiger partial charge >= 0.3 is 23.9 Å². The smallest absolute Gasteiger partial charge is 0.326 e. The Kier molecular flexibility index (Phi) is 36.0. The van der Waals surface area contributed by atoms with Gasteiger partial charge in [-0.3, -0.25) is 62.3 Å². The van der Waals surface area contributed by atoms with E-state index in [1.165, 1.54) is 11.8 Å². The summed E-state index contributed by atoms with van der Waals surface area (Å²) in [4.78, 5) is 182. The predicted molar refractivity (Wildman–Crippen MR) is 300 cm³/mol. The fourth-order valence-electron chi connectivity index (χ4n) is 8.00. The van der Waals surface area contributed by atoms with E-state index in [1.54, 1.807) is 61.6 Å². The van der Waals surface area contributed by atoms with Crippen LogP contribution in [0.4, 0.5) is 0 Å². The number of nitrogens with one attached hydrogen (secondary N) is 9. The minimum atomic E-state index is -1.71. The van der Waals surface area contributed by atoms with E-state index in [-0.39, 0.29) is 74.4 Å². The molecule has 0 aromatic heterocycles. The third-order valence-corrected chi connectivity index (χ3v) is 12.9. The number of primary amides is 1. The number of aliphatic hydroxyl groups is 1. The quantitative estimate of drug-likeness (QED) is 0.0301. The molecule has 0 aliphatic carbocycles. The molecular weight excluding hydrogens is 1110 g/mol. The summed E-state index contributed by atoms with van der Waals surface area (Å²) in [6.45, 7) is 12.6. The highest BCUT2D eigenvalue weighted by Crippen LogP contribution is 2.14. The lowest BCUT2D eigenvalue weighted by Crippen LogP contribution is -2.61. The fourth-order valence-corrected chi connectivity index (χ4v) is 8.47. The largest absolute Gasteiger partial charge is 0.481 e. The van der Waals surface area contributed by atoms with Crippen LogP contribution >= 0.6 is 11.8 Å². The SMILES string of the molecule is CSCC[C@H](NC(=O)[C@H](CCC(=O)O)NC(=O)[C@H](CO)NC(=O)[C@@H](N)CCC(N)=O)C(=O)N[C@@H](CC(C)C)C(=O)N[C@@H](CC(C)C)C(=O)N[C@@H](CCC(=O)O)C(=O)N[C@@H](CC(C)C)C(=O)N[C@@H](CCC(=O)O)C(=O)N[C@@H](CC(C)C)C(=O)O. The lowest BCUT2D eigenvalue weighted by Gasteiger charge is -2.29. The van der Waals surface area contributed by atoms with Crippen molar-refractivity contribution in [1.82, 2.24) is 47.9 Å². The van der Waals surface area contributed by atoms with Crippen molar-refractivity contribution >= 4 is 94.7 Å². The number of hydrogen-bond donors (Lipinski definition) is 16. The third-order valence-electron chi connectivity index (χ3n) is 12.3. The Labute approximate surface area is 486 Å². The number of carbonyl (C=O) groups is 14. The molecular formula is C52H89N11O19S. The zero-order chi connectivity index (χ0) is 63.8. The van der Waals surface area contributed by atoms with Gasteiger partial charge in [-0.1, -0.05) is 55.4 Å². The highest BCUT2D eigenvalue weighted by atomic mass is 32.2. The van der Waals surface area contributed by atoms with Gasteiger partial charge in [-0.25, -0.2) is 4.79 Å². The number of hydrogen-bond acceptors (Lipinski definition) is 17. The molecule has 10 amide bonds. The van der Waals surface area contributed by atoms with Crippen molar-refractivity contribution < 1.29 is 92.7 Å². The topological polar surface area (TPSA) is 500 Å². The second-order valence-corrected chi connectivity index (χ2v) is 22.8. The third kappa shape index (κ3) is 32.3. The Bertz CT molecular complexity index is 2240. The first-order valence-electron chi connectivity index (χ1n) is 27.4. The van der Waals surface area contributed by atoms with E-state index >= 15 is 0 Å². The van der Waals surface area contributed by atoms with Crippen LogP contribution in [0.15, 0.2) is 0 Å². The second-order valence-electron chi connectivity index (χ2n) is 21.8. The molecule has 0 rings (SSSR count). The van der Waals surface area contributed by atoms with Crippen molar-refractivity contribution in [2.24, 2.45) is 35.1 Å². The first kappa shape index (κ1) is 75.8. The monoisotopic (exact) mass is 1200 g/mol. The molecule has 0 aromatic carbocycles. The van der Waals surface area contributed by atoms with E-state index in [1.807, 2.05) is 0 Å². The van der Waals surface area contributed by atoms with Crippen LogP contribution in [0.3, 0.4) is 0 Å². The number of carboxylic acid groups (broad SMARTS) is 4. The first-order valence-corrected chi connectivity index (χ1v) is 28.8. The summed E-state index contributed by atoms with van der Waals surface area (Å²) in [5, 5.41) is 70.0. The van der Waals surface area contributed by atoms with Gasteiger partial charge in [0, 0.05) is 25.7 Å². The number of aliphatic carboxylic acids is 4. The normalized spacial score (nSPS) is 14.9. The maximum atomic E-state index is 14.3. The molecule has 0 aliphatic rings. The summed E-state index contributed by atoms with van der Waals surface area (Å²) in [5.74, 6) is -16.1. The summed E-state index contributed by atoms with van der Waals surface area (Å²) in [6, 6.07) is -15.1. The van der Waals surface area contributed by atoms with Crippen molar-refractivity contribution in [3.05, 3.63) is 0 Å². The Hall–Kier alpha value is -7.15. The van der Waals surface area contributed by atoms with Crippen molar-refractivity contribution in [3.8, 4) is 0 Å². The van der Waals surface area contributed by atoms with Gasteiger partial charge in [0.2, 0.25) is 59.1 Å². The van der Waals surface area contributed by atoms with E-state index < -0.39 is 188 Å². The van der Waals surface area contributed by atoms with Crippen molar-refractivity contribution in [3.63, 3.8) is 0 Å². The van der Waals surface area contributed by atoms with Crippen LogP contribution in [0, 0.1) is 23.7 Å². The molecule has 0 saturated heterocycles. The predicted octanol–water partition coefficient (Wildman–Crippen LogP) is -2.45. The van der Waals surface area contributed by atoms with E-state index in [2.05, 4.69) is 47.9 Å². The maximum Gasteiger partial charge on any atom is 0.326 e. The Balaban J connectivity index is 6.87. The second kappa shape index (κ2) is 39.4. The molecule has 0 saturated carbocycles. The summed E-state index contributed by atoms with van der Waals surface area (Å²) >= 11 is 1.27. The zero-order valence-electron chi connectivity index (χ0n) is 48.7. The molecule has 18 N–H and O–H groups in total. The molecule has 0 radical (unpaired) electrons. The minimum Gasteiger partial charge on any atom is -0.481 e. The number of nitrogens with two attached hydrogens (primary N) is 2.